The van der Waals surface area contributed by atoms with Crippen molar-refractivity contribution in [3.63, 3.8) is 0 Å². The Balaban J connectivity index is 0.866. The predicted octanol–water partition coefficient (Wildman–Crippen LogP) is 11.5. The molecule has 0 saturated carbocycles. The zero-order chi connectivity index (χ0) is 52.4. The fourth-order valence-electron chi connectivity index (χ4n) is 9.49. The largest absolute Gasteiger partial charge is 0.387 e. The number of hydrogen-bond acceptors (Lipinski definition) is 14. The first-order valence-corrected chi connectivity index (χ1v) is 27.8. The number of methoxy groups -OCH3 is 1. The molecule has 10 rings (SSSR count). The molecule has 77 heavy (non-hydrogen) atoms. The zero-order valence-electron chi connectivity index (χ0n) is 43.0. The van der Waals surface area contributed by atoms with Crippen molar-refractivity contribution in [1.82, 2.24) is 4.98 Å². The van der Waals surface area contributed by atoms with E-state index in [4.69, 9.17) is 52.4 Å². The first-order chi connectivity index (χ1) is 38.0. The molecule has 10 atom stereocenters. The van der Waals surface area contributed by atoms with Gasteiger partial charge in [-0.05, 0) is 51.1 Å². The number of fused-ring (bicyclic) bond motifs is 1. The Kier molecular flexibility index (Phi) is 20.1. The molecule has 1 N–H and O–H groups in total. The highest BCUT2D eigenvalue weighted by molar-refractivity contribution is 8.01. The molecule has 2 aliphatic rings. The van der Waals surface area contributed by atoms with Crippen LogP contribution < -0.4 is 0 Å². The van der Waals surface area contributed by atoms with Crippen LogP contribution in [0.3, 0.4) is 0 Å². The van der Waals surface area contributed by atoms with E-state index in [1.54, 1.807) is 18.4 Å². The predicted molar refractivity (Wildman–Crippen MR) is 297 cm³/mol. The molecule has 0 amide bonds. The minimum absolute atomic E-state index is 0.0729. The van der Waals surface area contributed by atoms with E-state index < -0.39 is 60.6 Å². The van der Waals surface area contributed by atoms with E-state index >= 15 is 0 Å². The Labute approximate surface area is 459 Å². The van der Waals surface area contributed by atoms with Crippen LogP contribution in [0.1, 0.15) is 38.9 Å². The molecule has 14 heteroatoms. The standard InChI is InChI=1S/C63H65NO11S2/c1-66-61-59(72-40-48-28-15-6-16-29-48)57(70-38-46-24-11-4-12-25-46)55(65)52(74-61)42-68-36-49-30-19-31-50(34-49)41-73-60-58(71-39-47-26-13-5-14-27-47)56(69-37-45-22-9-3-10-23-45)53(43-67-35-44-20-7-2-8-21-44)75-62(60)77-63-64-51-32-17-18-33-54(51)76-63/h2-34,52-53,55-62,65H,35-43H2,1H3/t52-,53-,55-,56-,57+,58+,59-,60+,61+,62-/m1/s1. The normalized spacial score (nSPS) is 23.5. The highest BCUT2D eigenvalue weighted by Crippen LogP contribution is 2.41. The third-order valence-corrected chi connectivity index (χ3v) is 15.7. The van der Waals surface area contributed by atoms with Gasteiger partial charge in [0.15, 0.2) is 10.6 Å². The summed E-state index contributed by atoms with van der Waals surface area (Å²) in [7, 11) is 1.57. The van der Waals surface area contributed by atoms with Crippen LogP contribution in [0, 0.1) is 0 Å². The first kappa shape index (κ1) is 54.7. The number of nitrogens with zero attached hydrogens (tertiary/aromatic N) is 1. The van der Waals surface area contributed by atoms with Gasteiger partial charge in [-0.15, -0.1) is 11.3 Å². The monoisotopic (exact) mass is 1080 g/mol. The lowest BCUT2D eigenvalue weighted by atomic mass is 9.98. The van der Waals surface area contributed by atoms with Crippen LogP contribution in [0.15, 0.2) is 205 Å². The number of aliphatic hydroxyl groups excluding tert-OH is 1. The van der Waals surface area contributed by atoms with Crippen LogP contribution in [-0.4, -0.2) is 91.0 Å². The lowest BCUT2D eigenvalue weighted by molar-refractivity contribution is -0.315. The summed E-state index contributed by atoms with van der Waals surface area (Å²) in [5.41, 5.74) is 7.26. The second kappa shape index (κ2) is 28.3. The van der Waals surface area contributed by atoms with Gasteiger partial charge in [0.05, 0.1) is 69.7 Å². The topological polar surface area (TPSA) is 125 Å². The third kappa shape index (κ3) is 15.3. The second-order valence-electron chi connectivity index (χ2n) is 19.0. The molecular weight excluding hydrogens is 1010 g/mol. The van der Waals surface area contributed by atoms with Crippen LogP contribution in [0.4, 0.5) is 0 Å². The molecule has 2 aliphatic heterocycles. The van der Waals surface area contributed by atoms with E-state index in [0.717, 1.165) is 53.5 Å². The Bertz CT molecular complexity index is 2930. The van der Waals surface area contributed by atoms with Gasteiger partial charge in [0, 0.05) is 7.11 Å². The SMILES string of the molecule is CO[C@H]1O[C@H](COCc2cccc(CO[C@H]3[C@@H](OCc4ccccc4)[C@H](OCc4ccccc4)[C@@H](COCc4ccccc4)O[C@@H]3Sc3nc4ccccc4s3)c2)[C@@H](O)[C@H](OCc2ccccc2)[C@H]1OCc1ccccc1. The number of hydrogen-bond donors (Lipinski definition) is 1. The summed E-state index contributed by atoms with van der Waals surface area (Å²) >= 11 is 3.15. The quantitative estimate of drug-likeness (QED) is 0.0554. The number of thioether (sulfide) groups is 1. The van der Waals surface area contributed by atoms with E-state index in [1.807, 2.05) is 152 Å². The summed E-state index contributed by atoms with van der Waals surface area (Å²) in [5, 5.41) is 11.9. The number of aliphatic hydroxyl groups is 1. The van der Waals surface area contributed by atoms with E-state index in [1.165, 1.54) is 11.8 Å². The molecule has 0 radical (unpaired) electrons. The molecule has 0 spiro atoms. The lowest BCUT2D eigenvalue weighted by Gasteiger charge is -2.45. The maximum absolute atomic E-state index is 11.9. The maximum atomic E-state index is 11.9. The molecule has 2 saturated heterocycles. The van der Waals surface area contributed by atoms with Gasteiger partial charge in [-0.2, -0.15) is 0 Å². The lowest BCUT2D eigenvalue weighted by Crippen LogP contribution is -2.60. The number of ether oxygens (including phenoxy) is 10. The zero-order valence-corrected chi connectivity index (χ0v) is 44.6. The van der Waals surface area contributed by atoms with E-state index in [9.17, 15) is 5.11 Å². The molecule has 7 aromatic carbocycles. The van der Waals surface area contributed by atoms with Gasteiger partial charge in [-0.3, -0.25) is 0 Å². The molecule has 400 valence electrons. The highest BCUT2D eigenvalue weighted by Gasteiger charge is 2.50. The molecule has 1 aromatic heterocycles. The Morgan fingerprint density at radius 3 is 1.43 bits per heavy atom. The van der Waals surface area contributed by atoms with Crippen LogP contribution >= 0.6 is 23.1 Å². The third-order valence-electron chi connectivity index (χ3n) is 13.5. The van der Waals surface area contributed by atoms with Gasteiger partial charge in [-0.25, -0.2) is 4.98 Å². The maximum Gasteiger partial charge on any atom is 0.186 e. The summed E-state index contributed by atoms with van der Waals surface area (Å²) in [6.07, 6.45) is -6.49. The molecule has 12 nitrogen and oxygen atoms in total. The van der Waals surface area contributed by atoms with Crippen molar-refractivity contribution in [1.29, 1.82) is 0 Å². The average Bonchev–Trinajstić information content (AvgIpc) is 3.91. The minimum atomic E-state index is -1.08. The minimum Gasteiger partial charge on any atom is -0.387 e. The molecule has 8 aromatic rings. The van der Waals surface area contributed by atoms with Crippen LogP contribution in [0.5, 0.6) is 0 Å². The summed E-state index contributed by atoms with van der Waals surface area (Å²) in [5.74, 6) is 0. The Hall–Kier alpha value is -5.66. The molecule has 0 unspecified atom stereocenters. The molecular formula is C63H65NO11S2. The van der Waals surface area contributed by atoms with Crippen molar-refractivity contribution in [2.24, 2.45) is 0 Å². The summed E-state index contributed by atoms with van der Waals surface area (Å²) in [6.45, 7) is 2.43. The summed E-state index contributed by atoms with van der Waals surface area (Å²) < 4.78 is 68.0. The van der Waals surface area contributed by atoms with Crippen molar-refractivity contribution in [3.8, 4) is 0 Å². The molecule has 0 aliphatic carbocycles. The van der Waals surface area contributed by atoms with E-state index in [0.29, 0.717) is 26.4 Å². The van der Waals surface area contributed by atoms with Crippen molar-refractivity contribution in [3.05, 3.63) is 239 Å². The van der Waals surface area contributed by atoms with Gasteiger partial charge in [0.25, 0.3) is 0 Å². The average molecular weight is 1080 g/mol. The smallest absolute Gasteiger partial charge is 0.186 e. The second-order valence-corrected chi connectivity index (χ2v) is 21.4. The molecule has 2 fully saturated rings. The van der Waals surface area contributed by atoms with Crippen LogP contribution in [-0.2, 0) is 93.6 Å². The van der Waals surface area contributed by atoms with Crippen LogP contribution in [0.2, 0.25) is 0 Å². The van der Waals surface area contributed by atoms with E-state index in [2.05, 4.69) is 48.5 Å². The fraction of sp³-hybridized carbons (Fsp3) is 0.317. The Morgan fingerprint density at radius 2 is 0.870 bits per heavy atom. The van der Waals surface area contributed by atoms with Crippen LogP contribution in [0.25, 0.3) is 10.2 Å². The van der Waals surface area contributed by atoms with Crippen molar-refractivity contribution in [2.45, 2.75) is 111 Å². The Morgan fingerprint density at radius 1 is 0.442 bits per heavy atom. The molecule has 3 heterocycles. The molecule has 0 bridgehead atoms. The van der Waals surface area contributed by atoms with Crippen molar-refractivity contribution < 1.29 is 52.5 Å². The fourth-order valence-corrected chi connectivity index (χ4v) is 11.8. The number of benzene rings is 7. The highest BCUT2D eigenvalue weighted by atomic mass is 32.2. The summed E-state index contributed by atoms with van der Waals surface area (Å²) in [6, 6.07) is 66.4. The number of para-hydroxylation sites is 1. The van der Waals surface area contributed by atoms with Gasteiger partial charge in [0.1, 0.15) is 54.3 Å². The summed E-state index contributed by atoms with van der Waals surface area (Å²) in [4.78, 5) is 5.02. The van der Waals surface area contributed by atoms with E-state index in [-0.39, 0.29) is 33.0 Å². The first-order valence-electron chi connectivity index (χ1n) is 26.1. The van der Waals surface area contributed by atoms with Gasteiger partial charge in [0.2, 0.25) is 0 Å². The number of thiazole rings is 1. The van der Waals surface area contributed by atoms with Gasteiger partial charge < -0.3 is 52.5 Å². The van der Waals surface area contributed by atoms with Crippen molar-refractivity contribution in [2.75, 3.05) is 20.3 Å². The van der Waals surface area contributed by atoms with Gasteiger partial charge in [-0.1, -0.05) is 200 Å². The number of rotatable bonds is 26. The van der Waals surface area contributed by atoms with Gasteiger partial charge >= 0.3 is 0 Å². The van der Waals surface area contributed by atoms with Crippen molar-refractivity contribution >= 4 is 33.3 Å². The number of aromatic nitrogens is 1.